The van der Waals surface area contributed by atoms with Gasteiger partial charge in [0.25, 0.3) is 0 Å². The second-order valence-electron chi connectivity index (χ2n) is 5.01. The van der Waals surface area contributed by atoms with Crippen LogP contribution in [0.15, 0.2) is 0 Å². The fourth-order valence-corrected chi connectivity index (χ4v) is 2.65. The van der Waals surface area contributed by atoms with Crippen LogP contribution in [-0.4, -0.2) is 49.7 Å². The lowest BCUT2D eigenvalue weighted by Crippen LogP contribution is -2.46. The molecule has 0 spiro atoms. The lowest BCUT2D eigenvalue weighted by molar-refractivity contribution is -0.128. The van der Waals surface area contributed by atoms with Crippen molar-refractivity contribution < 1.29 is 9.53 Å². The molecule has 2 atom stereocenters. The van der Waals surface area contributed by atoms with Crippen LogP contribution in [0.25, 0.3) is 0 Å². The standard InChI is InChI=1S/C12H22N2O2/c1-9(10-4-7-16-8-5-10)13-11-3-6-14(2)12(11)15/h9-11,13H,3-8H2,1-2H3. The van der Waals surface area contributed by atoms with Crippen molar-refractivity contribution in [3.8, 4) is 0 Å². The third kappa shape index (κ3) is 2.55. The molecule has 2 aliphatic rings. The van der Waals surface area contributed by atoms with E-state index >= 15 is 0 Å². The van der Waals surface area contributed by atoms with E-state index in [-0.39, 0.29) is 11.9 Å². The van der Waals surface area contributed by atoms with E-state index in [0.717, 1.165) is 39.0 Å². The summed E-state index contributed by atoms with van der Waals surface area (Å²) >= 11 is 0. The summed E-state index contributed by atoms with van der Waals surface area (Å²) in [5, 5.41) is 3.48. The van der Waals surface area contributed by atoms with Crippen LogP contribution in [-0.2, 0) is 9.53 Å². The maximum atomic E-state index is 11.8. The fraction of sp³-hybridized carbons (Fsp3) is 0.917. The average molecular weight is 226 g/mol. The summed E-state index contributed by atoms with van der Waals surface area (Å²) in [6.45, 7) is 4.82. The monoisotopic (exact) mass is 226 g/mol. The Morgan fingerprint density at radius 2 is 2.06 bits per heavy atom. The lowest BCUT2D eigenvalue weighted by Gasteiger charge is -2.30. The van der Waals surface area contributed by atoms with Crippen LogP contribution < -0.4 is 5.32 Å². The van der Waals surface area contributed by atoms with Crippen LogP contribution in [0.5, 0.6) is 0 Å². The van der Waals surface area contributed by atoms with Gasteiger partial charge in [0, 0.05) is 32.8 Å². The summed E-state index contributed by atoms with van der Waals surface area (Å²) in [6.07, 6.45) is 3.18. The number of carbonyl (C=O) groups is 1. The minimum atomic E-state index is 0.0443. The molecule has 2 fully saturated rings. The predicted molar refractivity (Wildman–Crippen MR) is 62.2 cm³/mol. The number of carbonyl (C=O) groups excluding carboxylic acids is 1. The van der Waals surface area contributed by atoms with E-state index in [9.17, 15) is 4.79 Å². The molecule has 1 amide bonds. The molecule has 0 radical (unpaired) electrons. The Morgan fingerprint density at radius 1 is 1.38 bits per heavy atom. The molecule has 0 saturated carbocycles. The highest BCUT2D eigenvalue weighted by atomic mass is 16.5. The molecule has 4 heteroatoms. The average Bonchev–Trinajstić information content (AvgIpc) is 2.62. The van der Waals surface area contributed by atoms with Crippen LogP contribution >= 0.6 is 0 Å². The van der Waals surface area contributed by atoms with Gasteiger partial charge in [-0.1, -0.05) is 0 Å². The zero-order valence-electron chi connectivity index (χ0n) is 10.2. The highest BCUT2D eigenvalue weighted by Gasteiger charge is 2.31. The van der Waals surface area contributed by atoms with Gasteiger partial charge in [-0.15, -0.1) is 0 Å². The van der Waals surface area contributed by atoms with Crippen molar-refractivity contribution in [1.29, 1.82) is 0 Å². The molecule has 2 aliphatic heterocycles. The Morgan fingerprint density at radius 3 is 2.62 bits per heavy atom. The van der Waals surface area contributed by atoms with Gasteiger partial charge in [0.05, 0.1) is 6.04 Å². The van der Waals surface area contributed by atoms with Crippen molar-refractivity contribution in [2.75, 3.05) is 26.8 Å². The molecule has 2 rings (SSSR count). The Hall–Kier alpha value is -0.610. The van der Waals surface area contributed by atoms with Crippen LogP contribution in [0.4, 0.5) is 0 Å². The predicted octanol–water partition coefficient (Wildman–Crippen LogP) is 0.622. The van der Waals surface area contributed by atoms with Crippen molar-refractivity contribution in [3.05, 3.63) is 0 Å². The largest absolute Gasteiger partial charge is 0.381 e. The van der Waals surface area contributed by atoms with Gasteiger partial charge in [0.2, 0.25) is 5.91 Å². The highest BCUT2D eigenvalue weighted by molar-refractivity contribution is 5.83. The molecule has 4 nitrogen and oxygen atoms in total. The number of hydrogen-bond acceptors (Lipinski definition) is 3. The molecule has 2 saturated heterocycles. The van der Waals surface area contributed by atoms with E-state index in [1.807, 2.05) is 11.9 Å². The normalized spacial score (nSPS) is 29.8. The third-order valence-corrected chi connectivity index (χ3v) is 3.86. The molecule has 0 aromatic rings. The van der Waals surface area contributed by atoms with Crippen LogP contribution in [0, 0.1) is 5.92 Å². The van der Waals surface area contributed by atoms with Crippen LogP contribution in [0.3, 0.4) is 0 Å². The Balaban J connectivity index is 1.82. The van der Waals surface area contributed by atoms with E-state index in [0.29, 0.717) is 12.0 Å². The topological polar surface area (TPSA) is 41.6 Å². The summed E-state index contributed by atoms with van der Waals surface area (Å²) in [4.78, 5) is 13.6. The van der Waals surface area contributed by atoms with E-state index in [4.69, 9.17) is 4.74 Å². The second-order valence-corrected chi connectivity index (χ2v) is 5.01. The summed E-state index contributed by atoms with van der Waals surface area (Å²) in [6, 6.07) is 0.465. The first-order valence-corrected chi connectivity index (χ1v) is 6.27. The van der Waals surface area contributed by atoms with Gasteiger partial charge in [0.1, 0.15) is 0 Å². The van der Waals surface area contributed by atoms with Crippen molar-refractivity contribution in [3.63, 3.8) is 0 Å². The molecule has 0 aliphatic carbocycles. The fourth-order valence-electron chi connectivity index (χ4n) is 2.65. The molecule has 1 N–H and O–H groups in total. The number of likely N-dealkylation sites (tertiary alicyclic amines) is 1. The summed E-state index contributed by atoms with van der Waals surface area (Å²) in [7, 11) is 1.88. The SMILES string of the molecule is CC(NC1CCN(C)C1=O)C1CCOCC1. The van der Waals surface area contributed by atoms with Crippen molar-refractivity contribution in [2.45, 2.75) is 38.3 Å². The molecule has 92 valence electrons. The molecular weight excluding hydrogens is 204 g/mol. The number of nitrogens with zero attached hydrogens (tertiary/aromatic N) is 1. The number of rotatable bonds is 3. The summed E-state index contributed by atoms with van der Waals surface area (Å²) in [5.74, 6) is 0.909. The highest BCUT2D eigenvalue weighted by Crippen LogP contribution is 2.20. The first kappa shape index (κ1) is 11.9. The smallest absolute Gasteiger partial charge is 0.239 e. The van der Waals surface area contributed by atoms with Gasteiger partial charge >= 0.3 is 0 Å². The van der Waals surface area contributed by atoms with Crippen molar-refractivity contribution in [2.24, 2.45) is 5.92 Å². The van der Waals surface area contributed by atoms with E-state index in [2.05, 4.69) is 12.2 Å². The maximum Gasteiger partial charge on any atom is 0.239 e. The van der Waals surface area contributed by atoms with Gasteiger partial charge in [0.15, 0.2) is 0 Å². The van der Waals surface area contributed by atoms with Gasteiger partial charge in [-0.25, -0.2) is 0 Å². The van der Waals surface area contributed by atoms with Gasteiger partial charge in [-0.2, -0.15) is 0 Å². The molecule has 16 heavy (non-hydrogen) atoms. The number of likely N-dealkylation sites (N-methyl/N-ethyl adjacent to an activating group) is 1. The number of hydrogen-bond donors (Lipinski definition) is 1. The van der Waals surface area contributed by atoms with Crippen molar-refractivity contribution in [1.82, 2.24) is 10.2 Å². The first-order chi connectivity index (χ1) is 7.68. The molecule has 0 aromatic heterocycles. The van der Waals surface area contributed by atoms with Crippen molar-refractivity contribution >= 4 is 5.91 Å². The minimum absolute atomic E-state index is 0.0443. The Bertz CT molecular complexity index is 251. The Kier molecular flexibility index (Phi) is 3.82. The number of nitrogens with one attached hydrogen (secondary N) is 1. The number of ether oxygens (including phenoxy) is 1. The third-order valence-electron chi connectivity index (χ3n) is 3.86. The summed E-state index contributed by atoms with van der Waals surface area (Å²) in [5.41, 5.74) is 0. The summed E-state index contributed by atoms with van der Waals surface area (Å²) < 4.78 is 5.36. The first-order valence-electron chi connectivity index (χ1n) is 6.27. The van der Waals surface area contributed by atoms with Crippen LogP contribution in [0.2, 0.25) is 0 Å². The number of amides is 1. The zero-order chi connectivity index (χ0) is 11.5. The Labute approximate surface area is 97.3 Å². The van der Waals surface area contributed by atoms with E-state index in [1.54, 1.807) is 0 Å². The van der Waals surface area contributed by atoms with Gasteiger partial charge in [-0.3, -0.25) is 4.79 Å². The second kappa shape index (κ2) is 5.15. The molecule has 0 bridgehead atoms. The molecule has 0 aromatic carbocycles. The maximum absolute atomic E-state index is 11.8. The molecule has 2 unspecified atom stereocenters. The van der Waals surface area contributed by atoms with E-state index < -0.39 is 0 Å². The van der Waals surface area contributed by atoms with Gasteiger partial charge < -0.3 is 15.0 Å². The molecular formula is C12H22N2O2. The van der Waals surface area contributed by atoms with Crippen LogP contribution in [0.1, 0.15) is 26.2 Å². The minimum Gasteiger partial charge on any atom is -0.381 e. The lowest BCUT2D eigenvalue weighted by atomic mass is 9.92. The molecule has 2 heterocycles. The zero-order valence-corrected chi connectivity index (χ0v) is 10.2. The van der Waals surface area contributed by atoms with Gasteiger partial charge in [-0.05, 0) is 32.1 Å². The quantitative estimate of drug-likeness (QED) is 0.767. The van der Waals surface area contributed by atoms with E-state index in [1.165, 1.54) is 0 Å².